The molecule has 8 nitrogen and oxygen atoms in total. The van der Waals surface area contributed by atoms with Crippen LogP contribution in [0.1, 0.15) is 19.0 Å². The van der Waals surface area contributed by atoms with Gasteiger partial charge in [-0.1, -0.05) is 13.0 Å². The fourth-order valence-electron chi connectivity index (χ4n) is 2.55. The van der Waals surface area contributed by atoms with Gasteiger partial charge < -0.3 is 14.8 Å². The maximum Gasteiger partial charge on any atom is 0.225 e. The van der Waals surface area contributed by atoms with Crippen LogP contribution in [0.3, 0.4) is 0 Å². The third-order valence-electron chi connectivity index (χ3n) is 3.62. The van der Waals surface area contributed by atoms with E-state index in [-0.39, 0.29) is 5.28 Å². The molecule has 9 heteroatoms. The maximum atomic E-state index is 6.13. The van der Waals surface area contributed by atoms with Crippen LogP contribution >= 0.6 is 11.6 Å². The Kier molecular flexibility index (Phi) is 6.32. The van der Waals surface area contributed by atoms with Crippen molar-refractivity contribution in [1.29, 1.82) is 0 Å². The van der Waals surface area contributed by atoms with Crippen molar-refractivity contribution in [3.63, 3.8) is 0 Å². The lowest BCUT2D eigenvalue weighted by Crippen LogP contribution is -2.10. The lowest BCUT2D eigenvalue weighted by molar-refractivity contribution is 0.124. The van der Waals surface area contributed by atoms with Crippen molar-refractivity contribution in [2.24, 2.45) is 0 Å². The molecule has 1 N–H and O–H groups in total. The molecule has 3 rings (SSSR count). The summed E-state index contributed by atoms with van der Waals surface area (Å²) in [6, 6.07) is 5.59. The Bertz CT molecular complexity index is 855. The predicted octanol–water partition coefficient (Wildman–Crippen LogP) is 3.19. The Morgan fingerprint density at radius 1 is 1.23 bits per heavy atom. The minimum atomic E-state index is 0.134. The van der Waals surface area contributed by atoms with E-state index in [0.717, 1.165) is 11.9 Å². The van der Waals surface area contributed by atoms with Gasteiger partial charge in [0.1, 0.15) is 22.5 Å². The third-order valence-corrected chi connectivity index (χ3v) is 3.79. The molecule has 0 aliphatic heterocycles. The van der Waals surface area contributed by atoms with E-state index in [2.05, 4.69) is 32.3 Å². The summed E-state index contributed by atoms with van der Waals surface area (Å²) >= 11 is 6.13. The summed E-state index contributed by atoms with van der Waals surface area (Å²) in [5.41, 5.74) is 2.10. The number of methoxy groups -OCH3 is 1. The van der Waals surface area contributed by atoms with Gasteiger partial charge in [0, 0.05) is 19.9 Å². The number of nitrogens with one attached hydrogen (secondary N) is 1. The van der Waals surface area contributed by atoms with Crippen LogP contribution in [0, 0.1) is 0 Å². The Balaban J connectivity index is 2.01. The zero-order valence-electron chi connectivity index (χ0n) is 14.8. The van der Waals surface area contributed by atoms with Crippen molar-refractivity contribution in [1.82, 2.24) is 24.7 Å². The molecule has 0 radical (unpaired) electrons. The van der Waals surface area contributed by atoms with Gasteiger partial charge >= 0.3 is 0 Å². The third kappa shape index (κ3) is 4.27. The molecule has 0 amide bonds. The van der Waals surface area contributed by atoms with Gasteiger partial charge in [0.05, 0.1) is 19.8 Å². The van der Waals surface area contributed by atoms with Gasteiger partial charge in [0.15, 0.2) is 5.82 Å². The normalized spacial score (nSPS) is 11.2. The molecular weight excluding hydrogens is 356 g/mol. The summed E-state index contributed by atoms with van der Waals surface area (Å²) < 4.78 is 12.7. The number of anilines is 2. The van der Waals surface area contributed by atoms with E-state index in [0.29, 0.717) is 49.2 Å². The molecule has 0 aromatic carbocycles. The van der Waals surface area contributed by atoms with Crippen LogP contribution in [0.2, 0.25) is 5.28 Å². The number of fused-ring (bicyclic) bond motifs is 1. The maximum absolute atomic E-state index is 6.13. The first-order chi connectivity index (χ1) is 12.7. The summed E-state index contributed by atoms with van der Waals surface area (Å²) in [4.78, 5) is 13.0. The van der Waals surface area contributed by atoms with E-state index in [4.69, 9.17) is 21.1 Å². The molecule has 0 aliphatic carbocycles. The van der Waals surface area contributed by atoms with E-state index in [9.17, 15) is 0 Å². The average Bonchev–Trinajstić information content (AvgIpc) is 2.98. The summed E-state index contributed by atoms with van der Waals surface area (Å²) in [6.07, 6.45) is 2.68. The summed E-state index contributed by atoms with van der Waals surface area (Å²) in [5, 5.41) is 7.94. The van der Waals surface area contributed by atoms with Gasteiger partial charge in [0.25, 0.3) is 0 Å². The zero-order chi connectivity index (χ0) is 18.4. The van der Waals surface area contributed by atoms with E-state index < -0.39 is 0 Å². The number of halogens is 1. The predicted molar refractivity (Wildman–Crippen MR) is 99.7 cm³/mol. The number of ether oxygens (including phenoxy) is 2. The van der Waals surface area contributed by atoms with Crippen molar-refractivity contribution in [2.45, 2.75) is 26.5 Å². The Labute approximate surface area is 156 Å². The molecular formula is C17H21ClN6O2. The monoisotopic (exact) mass is 376 g/mol. The number of aromatic nitrogens is 5. The molecule has 3 aromatic heterocycles. The molecule has 0 fully saturated rings. The van der Waals surface area contributed by atoms with Crippen LogP contribution < -0.4 is 5.32 Å². The molecule has 0 spiro atoms. The van der Waals surface area contributed by atoms with E-state index >= 15 is 0 Å². The summed E-state index contributed by atoms with van der Waals surface area (Å²) in [6.45, 7) is 4.23. The van der Waals surface area contributed by atoms with Gasteiger partial charge in [0.2, 0.25) is 5.28 Å². The van der Waals surface area contributed by atoms with Gasteiger partial charge in [-0.2, -0.15) is 10.1 Å². The van der Waals surface area contributed by atoms with Crippen molar-refractivity contribution in [3.8, 4) is 0 Å². The molecule has 0 saturated carbocycles. The molecule has 0 unspecified atom stereocenters. The molecule has 0 aliphatic rings. The van der Waals surface area contributed by atoms with E-state index in [1.165, 1.54) is 0 Å². The van der Waals surface area contributed by atoms with Crippen LogP contribution in [0.15, 0.2) is 24.4 Å². The Morgan fingerprint density at radius 2 is 2.12 bits per heavy atom. The fraction of sp³-hybridized carbons (Fsp3) is 0.412. The number of hydrogen-bond donors (Lipinski definition) is 1. The lowest BCUT2D eigenvalue weighted by Gasteiger charge is -2.09. The number of pyridine rings is 1. The topological polar surface area (TPSA) is 87.0 Å². The molecule has 3 heterocycles. The van der Waals surface area contributed by atoms with Crippen molar-refractivity contribution < 1.29 is 9.47 Å². The van der Waals surface area contributed by atoms with Crippen LogP contribution in [0.25, 0.3) is 11.0 Å². The second-order valence-corrected chi connectivity index (χ2v) is 5.93. The Hall–Kier alpha value is -2.29. The minimum Gasteiger partial charge on any atom is -0.380 e. The van der Waals surface area contributed by atoms with Crippen LogP contribution in [0.4, 0.5) is 11.6 Å². The van der Waals surface area contributed by atoms with Crippen molar-refractivity contribution >= 4 is 34.3 Å². The second-order valence-electron chi connectivity index (χ2n) is 5.59. The highest BCUT2D eigenvalue weighted by Gasteiger charge is 2.18. The molecule has 26 heavy (non-hydrogen) atoms. The van der Waals surface area contributed by atoms with Crippen molar-refractivity contribution in [2.75, 3.05) is 25.6 Å². The first-order valence-corrected chi connectivity index (χ1v) is 8.78. The minimum absolute atomic E-state index is 0.134. The van der Waals surface area contributed by atoms with Gasteiger partial charge in [-0.25, -0.2) is 9.97 Å². The Morgan fingerprint density at radius 3 is 2.85 bits per heavy atom. The molecule has 0 bridgehead atoms. The number of nitrogens with zero attached hydrogens (tertiary/aromatic N) is 5. The number of rotatable bonds is 9. The first kappa shape index (κ1) is 18.5. The first-order valence-electron chi connectivity index (χ1n) is 8.40. The highest BCUT2D eigenvalue weighted by Crippen LogP contribution is 2.27. The van der Waals surface area contributed by atoms with Crippen LogP contribution in [0.5, 0.6) is 0 Å². The smallest absolute Gasteiger partial charge is 0.225 e. The van der Waals surface area contributed by atoms with Crippen LogP contribution in [-0.2, 0) is 22.6 Å². The zero-order valence-corrected chi connectivity index (χ0v) is 15.5. The van der Waals surface area contributed by atoms with Gasteiger partial charge in [-0.15, -0.1) is 0 Å². The fourth-order valence-corrected chi connectivity index (χ4v) is 2.72. The molecule has 138 valence electrons. The standard InChI is InChI=1S/C17H21ClN6O2/c1-3-9-26-10-8-24-15-14(12(23-24)11-25-2)21-17(18)22-16(15)20-13-6-4-5-7-19-13/h4-7H,3,8-11H2,1-2H3,(H,19,20,21,22). The van der Waals surface area contributed by atoms with Gasteiger partial charge in [-0.05, 0) is 30.2 Å². The summed E-state index contributed by atoms with van der Waals surface area (Å²) in [5.74, 6) is 1.20. The highest BCUT2D eigenvalue weighted by atomic mass is 35.5. The quantitative estimate of drug-likeness (QED) is 0.453. The van der Waals surface area contributed by atoms with E-state index in [1.54, 1.807) is 13.3 Å². The van der Waals surface area contributed by atoms with E-state index in [1.807, 2.05) is 22.9 Å². The SMILES string of the molecule is CCCOCCn1nc(COC)c2nc(Cl)nc(Nc3ccccn3)c21. The average molecular weight is 377 g/mol. The van der Waals surface area contributed by atoms with Gasteiger partial charge in [-0.3, -0.25) is 4.68 Å². The molecule has 0 atom stereocenters. The molecule has 3 aromatic rings. The van der Waals surface area contributed by atoms with Crippen molar-refractivity contribution in [3.05, 3.63) is 35.4 Å². The second kappa shape index (κ2) is 8.88. The summed E-state index contributed by atoms with van der Waals surface area (Å²) in [7, 11) is 1.62. The van der Waals surface area contributed by atoms with Crippen LogP contribution in [-0.4, -0.2) is 45.1 Å². The lowest BCUT2D eigenvalue weighted by atomic mass is 10.3. The molecule has 0 saturated heterocycles. The largest absolute Gasteiger partial charge is 0.380 e. The highest BCUT2D eigenvalue weighted by molar-refractivity contribution is 6.28. The number of hydrogen-bond acceptors (Lipinski definition) is 7.